The summed E-state index contributed by atoms with van der Waals surface area (Å²) in [6, 6.07) is -1.23. The quantitative estimate of drug-likeness (QED) is 0.532. The number of nitrogens with two attached hydrogens (primary N) is 1. The zero-order valence-corrected chi connectivity index (χ0v) is 15.7. The van der Waals surface area contributed by atoms with Crippen LogP contribution in [0.4, 0.5) is 0 Å². The van der Waals surface area contributed by atoms with Gasteiger partial charge < -0.3 is 26.0 Å². The molecule has 1 fully saturated rings. The van der Waals surface area contributed by atoms with Crippen LogP contribution in [0, 0.1) is 5.92 Å². The molecule has 0 aromatic heterocycles. The van der Waals surface area contributed by atoms with Crippen LogP contribution in [0.5, 0.6) is 0 Å². The Morgan fingerprint density at radius 2 is 1.96 bits per heavy atom. The number of rotatable bonds is 8. The lowest BCUT2D eigenvalue weighted by atomic mass is 10.0. The summed E-state index contributed by atoms with van der Waals surface area (Å²) in [5, 5.41) is 12.3. The van der Waals surface area contributed by atoms with Crippen molar-refractivity contribution < 1.29 is 19.5 Å². The molecule has 1 rings (SSSR count). The molecule has 8 nitrogen and oxygen atoms in total. The molecule has 144 valence electrons. The van der Waals surface area contributed by atoms with Gasteiger partial charge in [-0.05, 0) is 32.1 Å². The van der Waals surface area contributed by atoms with Gasteiger partial charge in [0.2, 0.25) is 11.8 Å². The van der Waals surface area contributed by atoms with E-state index < -0.39 is 24.1 Å². The second-order valence-electron chi connectivity index (χ2n) is 7.04. The molecule has 1 aliphatic rings. The molecule has 0 aliphatic carbocycles. The number of aliphatic hydroxyl groups is 1. The maximum absolute atomic E-state index is 12.9. The molecule has 0 bridgehead atoms. The van der Waals surface area contributed by atoms with Gasteiger partial charge in [-0.2, -0.15) is 0 Å². The molecule has 0 saturated carbocycles. The summed E-state index contributed by atoms with van der Waals surface area (Å²) in [6.45, 7) is 6.50. The van der Waals surface area contributed by atoms with Gasteiger partial charge in [0.25, 0.3) is 5.91 Å². The number of nitrogens with zero attached hydrogens (tertiary/aromatic N) is 2. The van der Waals surface area contributed by atoms with Crippen molar-refractivity contribution in [3.05, 3.63) is 0 Å². The van der Waals surface area contributed by atoms with Crippen LogP contribution in [-0.2, 0) is 14.4 Å². The van der Waals surface area contributed by atoms with Gasteiger partial charge in [0.15, 0.2) is 0 Å². The zero-order chi connectivity index (χ0) is 19.1. The van der Waals surface area contributed by atoms with Crippen molar-refractivity contribution in [2.75, 3.05) is 26.7 Å². The van der Waals surface area contributed by atoms with Crippen molar-refractivity contribution in [3.63, 3.8) is 0 Å². The number of hydrogen-bond acceptors (Lipinski definition) is 5. The molecular weight excluding hydrogens is 324 g/mol. The van der Waals surface area contributed by atoms with Crippen LogP contribution < -0.4 is 11.1 Å². The van der Waals surface area contributed by atoms with Crippen LogP contribution in [0.3, 0.4) is 0 Å². The van der Waals surface area contributed by atoms with Crippen LogP contribution >= 0.6 is 0 Å². The highest BCUT2D eigenvalue weighted by Gasteiger charge is 2.39. The Balaban J connectivity index is 2.90. The molecule has 4 N–H and O–H groups in total. The van der Waals surface area contributed by atoms with E-state index in [0.29, 0.717) is 38.9 Å². The molecule has 8 heteroatoms. The number of carbonyl (C=O) groups excluding carboxylic acids is 3. The Bertz CT molecular complexity index is 481. The molecular formula is C17H32N4O4. The fourth-order valence-corrected chi connectivity index (χ4v) is 3.12. The van der Waals surface area contributed by atoms with Crippen molar-refractivity contribution in [2.45, 2.75) is 58.2 Å². The van der Waals surface area contributed by atoms with E-state index in [9.17, 15) is 19.5 Å². The molecule has 25 heavy (non-hydrogen) atoms. The van der Waals surface area contributed by atoms with E-state index >= 15 is 0 Å². The summed E-state index contributed by atoms with van der Waals surface area (Å²) in [6.07, 6.45) is 0.630. The first-order valence-corrected chi connectivity index (χ1v) is 8.93. The highest BCUT2D eigenvalue weighted by molar-refractivity contribution is 5.93. The van der Waals surface area contributed by atoms with E-state index in [0.717, 1.165) is 0 Å². The Hall–Kier alpha value is -1.67. The lowest BCUT2D eigenvalue weighted by Gasteiger charge is -2.33. The number of nitrogens with one attached hydrogen (secondary N) is 1. The van der Waals surface area contributed by atoms with Gasteiger partial charge in [0.1, 0.15) is 18.2 Å². The van der Waals surface area contributed by atoms with Gasteiger partial charge in [-0.25, -0.2) is 0 Å². The molecule has 0 spiro atoms. The monoisotopic (exact) mass is 356 g/mol. The predicted molar refractivity (Wildman–Crippen MR) is 94.5 cm³/mol. The van der Waals surface area contributed by atoms with Crippen molar-refractivity contribution >= 4 is 17.7 Å². The smallest absolute Gasteiger partial charge is 0.251 e. The predicted octanol–water partition coefficient (Wildman–Crippen LogP) is -0.694. The standard InChI is InChI=1S/C17H32N4O4/c1-11(2)10-14(15(23)19-8-7-18)20(4)17(25)13-6-5-9-21(13)16(24)12(3)22/h11-14,22H,5-10,18H2,1-4H3,(H,19,23)/t12-,13-,14+/m0/s1. The van der Waals surface area contributed by atoms with E-state index in [4.69, 9.17) is 5.73 Å². The maximum Gasteiger partial charge on any atom is 0.251 e. The van der Waals surface area contributed by atoms with Gasteiger partial charge in [0.05, 0.1) is 0 Å². The molecule has 0 radical (unpaired) electrons. The number of likely N-dealkylation sites (N-methyl/N-ethyl adjacent to an activating group) is 1. The third-order valence-corrected chi connectivity index (χ3v) is 4.43. The van der Waals surface area contributed by atoms with Gasteiger partial charge in [-0.15, -0.1) is 0 Å². The van der Waals surface area contributed by atoms with Crippen LogP contribution in [-0.4, -0.2) is 77.5 Å². The number of aliphatic hydroxyl groups excluding tert-OH is 1. The summed E-state index contributed by atoms with van der Waals surface area (Å²) in [5.74, 6) is -0.721. The van der Waals surface area contributed by atoms with Crippen molar-refractivity contribution in [3.8, 4) is 0 Å². The average molecular weight is 356 g/mol. The summed E-state index contributed by atoms with van der Waals surface area (Å²) < 4.78 is 0. The van der Waals surface area contributed by atoms with E-state index in [1.807, 2.05) is 13.8 Å². The first-order valence-electron chi connectivity index (χ1n) is 8.93. The van der Waals surface area contributed by atoms with Gasteiger partial charge in [0, 0.05) is 26.7 Å². The van der Waals surface area contributed by atoms with Crippen molar-refractivity contribution in [1.82, 2.24) is 15.1 Å². The lowest BCUT2D eigenvalue weighted by molar-refractivity contribution is -0.150. The Morgan fingerprint density at radius 3 is 2.48 bits per heavy atom. The third kappa shape index (κ3) is 5.67. The molecule has 3 atom stereocenters. The van der Waals surface area contributed by atoms with E-state index in [1.165, 1.54) is 16.7 Å². The minimum absolute atomic E-state index is 0.225. The van der Waals surface area contributed by atoms with E-state index in [-0.39, 0.29) is 17.7 Å². The minimum atomic E-state index is -1.14. The molecule has 0 unspecified atom stereocenters. The molecule has 0 aromatic carbocycles. The topological polar surface area (TPSA) is 116 Å². The first-order chi connectivity index (χ1) is 11.7. The Kier molecular flexibility index (Phi) is 8.31. The number of likely N-dealkylation sites (tertiary alicyclic amines) is 1. The molecule has 1 aliphatic heterocycles. The van der Waals surface area contributed by atoms with Crippen molar-refractivity contribution in [1.29, 1.82) is 0 Å². The second-order valence-corrected chi connectivity index (χ2v) is 7.04. The van der Waals surface area contributed by atoms with Crippen LogP contribution in [0.15, 0.2) is 0 Å². The van der Waals surface area contributed by atoms with Crippen LogP contribution in [0.1, 0.15) is 40.0 Å². The zero-order valence-electron chi connectivity index (χ0n) is 15.7. The Labute approximate surface area is 149 Å². The lowest BCUT2D eigenvalue weighted by Crippen LogP contribution is -2.55. The van der Waals surface area contributed by atoms with Crippen LogP contribution in [0.25, 0.3) is 0 Å². The maximum atomic E-state index is 12.9. The Morgan fingerprint density at radius 1 is 1.32 bits per heavy atom. The molecule has 0 aromatic rings. The molecule has 3 amide bonds. The fourth-order valence-electron chi connectivity index (χ4n) is 3.12. The average Bonchev–Trinajstić information content (AvgIpc) is 3.04. The summed E-state index contributed by atoms with van der Waals surface area (Å²) in [5.41, 5.74) is 5.43. The summed E-state index contributed by atoms with van der Waals surface area (Å²) >= 11 is 0. The van der Waals surface area contributed by atoms with Gasteiger partial charge >= 0.3 is 0 Å². The second kappa shape index (κ2) is 9.72. The highest BCUT2D eigenvalue weighted by Crippen LogP contribution is 2.22. The van der Waals surface area contributed by atoms with Gasteiger partial charge in [-0.3, -0.25) is 14.4 Å². The minimum Gasteiger partial charge on any atom is -0.384 e. The summed E-state index contributed by atoms with van der Waals surface area (Å²) in [4.78, 5) is 40.3. The van der Waals surface area contributed by atoms with E-state index in [2.05, 4.69) is 5.32 Å². The number of hydrogen-bond donors (Lipinski definition) is 3. The number of carbonyl (C=O) groups is 3. The van der Waals surface area contributed by atoms with E-state index in [1.54, 1.807) is 7.05 Å². The number of amides is 3. The van der Waals surface area contributed by atoms with Crippen LogP contribution in [0.2, 0.25) is 0 Å². The largest absolute Gasteiger partial charge is 0.384 e. The fraction of sp³-hybridized carbons (Fsp3) is 0.824. The molecule has 1 heterocycles. The first kappa shape index (κ1) is 21.4. The molecule has 1 saturated heterocycles. The summed E-state index contributed by atoms with van der Waals surface area (Å²) in [7, 11) is 1.60. The SMILES string of the molecule is CC(C)C[C@H](C(=O)NCCN)N(C)C(=O)[C@@H]1CCCN1C(=O)[C@H](C)O. The van der Waals surface area contributed by atoms with Gasteiger partial charge in [-0.1, -0.05) is 13.8 Å². The van der Waals surface area contributed by atoms with Crippen molar-refractivity contribution in [2.24, 2.45) is 11.7 Å². The highest BCUT2D eigenvalue weighted by atomic mass is 16.3. The third-order valence-electron chi connectivity index (χ3n) is 4.43. The normalized spacial score (nSPS) is 19.6.